The molecule has 2 heterocycles. The Bertz CT molecular complexity index is 890. The minimum Gasteiger partial charge on any atom is -0.357 e. The fourth-order valence-corrected chi connectivity index (χ4v) is 4.43. The summed E-state index contributed by atoms with van der Waals surface area (Å²) in [5.41, 5.74) is 2.74. The van der Waals surface area contributed by atoms with Gasteiger partial charge in [-0.2, -0.15) is 0 Å². The van der Waals surface area contributed by atoms with Crippen LogP contribution in [0, 0.1) is 0 Å². The Balaban J connectivity index is 0.00000280. The first-order chi connectivity index (χ1) is 13.1. The largest absolute Gasteiger partial charge is 0.357 e. The van der Waals surface area contributed by atoms with Crippen LogP contribution in [-0.4, -0.2) is 44.7 Å². The summed E-state index contributed by atoms with van der Waals surface area (Å²) < 4.78 is 27.0. The number of para-hydroxylation sites is 1. The number of nitrogens with zero attached hydrogens (tertiary/aromatic N) is 3. The van der Waals surface area contributed by atoms with Gasteiger partial charge in [0.1, 0.15) is 0 Å². The molecule has 0 atom stereocenters. The minimum atomic E-state index is -3.38. The molecule has 152 valence electrons. The van der Waals surface area contributed by atoms with Crippen molar-refractivity contribution in [3.8, 4) is 0 Å². The first-order valence-electron chi connectivity index (χ1n) is 9.10. The molecule has 0 spiro atoms. The highest BCUT2D eigenvalue weighted by Crippen LogP contribution is 2.29. The predicted octanol–water partition coefficient (Wildman–Crippen LogP) is 2.15. The molecule has 0 amide bonds. The van der Waals surface area contributed by atoms with Crippen LogP contribution in [0.2, 0.25) is 0 Å². The van der Waals surface area contributed by atoms with Crippen molar-refractivity contribution in [3.05, 3.63) is 59.9 Å². The minimum absolute atomic E-state index is 0. The molecule has 1 aromatic carbocycles. The van der Waals surface area contributed by atoms with Gasteiger partial charge in [-0.3, -0.25) is 9.29 Å². The molecule has 7 nitrogen and oxygen atoms in total. The zero-order chi connectivity index (χ0) is 19.1. The van der Waals surface area contributed by atoms with Crippen molar-refractivity contribution >= 4 is 45.6 Å². The molecule has 1 aliphatic heterocycles. The topological polar surface area (TPSA) is 86.7 Å². The molecule has 3 rings (SSSR count). The van der Waals surface area contributed by atoms with E-state index in [-0.39, 0.29) is 36.3 Å². The van der Waals surface area contributed by atoms with E-state index >= 15 is 0 Å². The van der Waals surface area contributed by atoms with Gasteiger partial charge in [0.15, 0.2) is 5.96 Å². The Morgan fingerprint density at radius 1 is 1.18 bits per heavy atom. The van der Waals surface area contributed by atoms with Crippen LogP contribution in [0.3, 0.4) is 0 Å². The lowest BCUT2D eigenvalue weighted by atomic mass is 10.2. The number of aliphatic imine (C=N–C) groups is 1. The van der Waals surface area contributed by atoms with Crippen LogP contribution >= 0.6 is 24.0 Å². The van der Waals surface area contributed by atoms with Crippen LogP contribution in [0.1, 0.15) is 18.2 Å². The van der Waals surface area contributed by atoms with Crippen molar-refractivity contribution < 1.29 is 8.42 Å². The van der Waals surface area contributed by atoms with Gasteiger partial charge in [0.25, 0.3) is 0 Å². The molecule has 0 saturated carbocycles. The number of halogens is 1. The van der Waals surface area contributed by atoms with Crippen LogP contribution in [0.5, 0.6) is 0 Å². The van der Waals surface area contributed by atoms with Gasteiger partial charge < -0.3 is 10.6 Å². The van der Waals surface area contributed by atoms with Crippen molar-refractivity contribution in [1.82, 2.24) is 15.6 Å². The molecule has 0 fully saturated rings. The highest BCUT2D eigenvalue weighted by atomic mass is 127. The van der Waals surface area contributed by atoms with Crippen LogP contribution in [0.15, 0.2) is 53.7 Å². The molecule has 2 aromatic rings. The van der Waals surface area contributed by atoms with Crippen molar-refractivity contribution in [2.75, 3.05) is 29.7 Å². The Kier molecular flexibility index (Phi) is 8.49. The molecule has 1 aliphatic rings. The summed E-state index contributed by atoms with van der Waals surface area (Å²) in [6.07, 6.45) is 2.49. The molecule has 0 aliphatic carbocycles. The fourth-order valence-electron chi connectivity index (χ4n) is 3.00. The van der Waals surface area contributed by atoms with E-state index < -0.39 is 10.0 Å². The van der Waals surface area contributed by atoms with Crippen molar-refractivity contribution in [1.29, 1.82) is 0 Å². The number of hydrogen-bond acceptors (Lipinski definition) is 4. The van der Waals surface area contributed by atoms with Crippen LogP contribution in [-0.2, 0) is 23.0 Å². The summed E-state index contributed by atoms with van der Waals surface area (Å²) in [5, 5.41) is 6.23. The lowest BCUT2D eigenvalue weighted by molar-refractivity contribution is 0.591. The van der Waals surface area contributed by atoms with Gasteiger partial charge in [-0.05, 0) is 37.1 Å². The van der Waals surface area contributed by atoms with E-state index in [4.69, 9.17) is 0 Å². The molecule has 2 N–H and O–H groups in total. The average Bonchev–Trinajstić information content (AvgIpc) is 3.12. The Hall–Kier alpha value is -1.88. The standard InChI is InChI=1S/C19H25N5O2S.HI/c1-2-20-19(23-15-17-8-5-6-11-21-17)22-12-14-27(25,26)24-13-10-16-7-3-4-9-18(16)24;/h3-9,11H,2,10,12-15H2,1H3,(H2,20,22,23);1H. The number of sulfonamides is 1. The molecule has 28 heavy (non-hydrogen) atoms. The van der Waals surface area contributed by atoms with Crippen molar-refractivity contribution in [2.24, 2.45) is 4.99 Å². The van der Waals surface area contributed by atoms with Gasteiger partial charge in [0, 0.05) is 25.8 Å². The maximum Gasteiger partial charge on any atom is 0.236 e. The summed E-state index contributed by atoms with van der Waals surface area (Å²) in [5.74, 6) is 0.593. The van der Waals surface area contributed by atoms with Crippen LogP contribution < -0.4 is 14.9 Å². The summed E-state index contributed by atoms with van der Waals surface area (Å²) >= 11 is 0. The Morgan fingerprint density at radius 3 is 2.71 bits per heavy atom. The van der Waals surface area contributed by atoms with Gasteiger partial charge in [0.05, 0.1) is 23.7 Å². The highest BCUT2D eigenvalue weighted by molar-refractivity contribution is 14.0. The number of hydrogen-bond donors (Lipinski definition) is 2. The molecule has 0 saturated heterocycles. The van der Waals surface area contributed by atoms with E-state index in [1.807, 2.05) is 49.4 Å². The molecule has 1 aromatic heterocycles. The van der Waals surface area contributed by atoms with Crippen LogP contribution in [0.4, 0.5) is 5.69 Å². The predicted molar refractivity (Wildman–Crippen MR) is 124 cm³/mol. The van der Waals surface area contributed by atoms with Crippen molar-refractivity contribution in [3.63, 3.8) is 0 Å². The molecular weight excluding hydrogens is 489 g/mol. The zero-order valence-corrected chi connectivity index (χ0v) is 19.0. The van der Waals surface area contributed by atoms with E-state index in [1.54, 1.807) is 6.20 Å². The van der Waals surface area contributed by atoms with E-state index in [0.717, 1.165) is 23.4 Å². The smallest absolute Gasteiger partial charge is 0.236 e. The molecule has 0 unspecified atom stereocenters. The normalized spacial score (nSPS) is 13.6. The first-order valence-corrected chi connectivity index (χ1v) is 10.7. The summed E-state index contributed by atoms with van der Waals surface area (Å²) in [6.45, 7) is 3.89. The summed E-state index contributed by atoms with van der Waals surface area (Å²) in [7, 11) is -3.38. The quantitative estimate of drug-likeness (QED) is 0.336. The molecule has 0 radical (unpaired) electrons. The number of fused-ring (bicyclic) bond motifs is 1. The third-order valence-corrected chi connectivity index (χ3v) is 6.07. The first kappa shape index (κ1) is 22.4. The lowest BCUT2D eigenvalue weighted by Crippen LogP contribution is -2.42. The van der Waals surface area contributed by atoms with Gasteiger partial charge >= 0.3 is 0 Å². The monoisotopic (exact) mass is 515 g/mol. The maximum absolute atomic E-state index is 12.7. The third kappa shape index (κ3) is 5.81. The number of rotatable bonds is 7. The fraction of sp³-hybridized carbons (Fsp3) is 0.368. The second-order valence-electron chi connectivity index (χ2n) is 6.21. The number of benzene rings is 1. The Morgan fingerprint density at radius 2 is 1.96 bits per heavy atom. The van der Waals surface area contributed by atoms with Crippen molar-refractivity contribution in [2.45, 2.75) is 19.9 Å². The second kappa shape index (κ2) is 10.6. The van der Waals surface area contributed by atoms with E-state index in [9.17, 15) is 8.42 Å². The number of nitrogens with one attached hydrogen (secondary N) is 2. The van der Waals surface area contributed by atoms with Gasteiger partial charge in [-0.1, -0.05) is 24.3 Å². The highest BCUT2D eigenvalue weighted by Gasteiger charge is 2.28. The summed E-state index contributed by atoms with van der Waals surface area (Å²) in [4.78, 5) is 8.70. The summed E-state index contributed by atoms with van der Waals surface area (Å²) in [6, 6.07) is 13.3. The number of guanidine groups is 1. The molecule has 9 heteroatoms. The number of anilines is 1. The number of pyridine rings is 1. The average molecular weight is 515 g/mol. The SMILES string of the molecule is CCNC(=NCc1ccccn1)NCCS(=O)(=O)N1CCc2ccccc21.I. The maximum atomic E-state index is 12.7. The van der Waals surface area contributed by atoms with Crippen LogP contribution in [0.25, 0.3) is 0 Å². The van der Waals surface area contributed by atoms with E-state index in [2.05, 4.69) is 20.6 Å². The molecular formula is C19H26IN5O2S. The third-order valence-electron chi connectivity index (χ3n) is 4.30. The van der Waals surface area contributed by atoms with Gasteiger partial charge in [-0.15, -0.1) is 24.0 Å². The lowest BCUT2D eigenvalue weighted by Gasteiger charge is -2.20. The second-order valence-corrected chi connectivity index (χ2v) is 8.22. The Labute approximate surface area is 183 Å². The number of aromatic nitrogens is 1. The van der Waals surface area contributed by atoms with E-state index in [0.29, 0.717) is 25.6 Å². The van der Waals surface area contributed by atoms with Gasteiger partial charge in [0.2, 0.25) is 10.0 Å². The van der Waals surface area contributed by atoms with Gasteiger partial charge in [-0.25, -0.2) is 13.4 Å². The zero-order valence-electron chi connectivity index (χ0n) is 15.8. The molecule has 0 bridgehead atoms. The van der Waals surface area contributed by atoms with E-state index in [1.165, 1.54) is 4.31 Å².